The van der Waals surface area contributed by atoms with Crippen molar-refractivity contribution in [1.29, 1.82) is 0 Å². The number of benzene rings is 2. The number of carbonyl (C=O) groups is 3. The maximum atomic E-state index is 13.8. The van der Waals surface area contributed by atoms with Gasteiger partial charge in [-0.05, 0) is 73.4 Å². The van der Waals surface area contributed by atoms with Gasteiger partial charge in [0.15, 0.2) is 0 Å². The van der Waals surface area contributed by atoms with Crippen molar-refractivity contribution in [3.05, 3.63) is 65.2 Å². The van der Waals surface area contributed by atoms with Crippen molar-refractivity contribution in [1.82, 2.24) is 15.1 Å². The van der Waals surface area contributed by atoms with E-state index in [9.17, 15) is 19.5 Å². The van der Waals surface area contributed by atoms with Gasteiger partial charge in [-0.1, -0.05) is 56.9 Å². The van der Waals surface area contributed by atoms with Gasteiger partial charge in [-0.3, -0.25) is 14.5 Å². The second-order valence-corrected chi connectivity index (χ2v) is 12.6. The van der Waals surface area contributed by atoms with E-state index in [0.717, 1.165) is 55.4 Å². The van der Waals surface area contributed by atoms with Crippen LogP contribution in [0.15, 0.2) is 48.5 Å². The summed E-state index contributed by atoms with van der Waals surface area (Å²) < 4.78 is 10.6. The topological polar surface area (TPSA) is 108 Å². The summed E-state index contributed by atoms with van der Waals surface area (Å²) in [7, 11) is 1.61. The molecule has 2 N–H and O–H groups in total. The third-order valence-corrected chi connectivity index (χ3v) is 9.78. The molecule has 3 aliphatic rings. The Balaban J connectivity index is 1.17. The van der Waals surface area contributed by atoms with Crippen molar-refractivity contribution in [2.75, 3.05) is 26.7 Å². The van der Waals surface area contributed by atoms with Crippen molar-refractivity contribution in [3.63, 3.8) is 0 Å². The fourth-order valence-corrected chi connectivity index (χ4v) is 6.99. The quantitative estimate of drug-likeness (QED) is 0.364. The normalized spacial score (nSPS) is 21.6. The molecule has 0 unspecified atom stereocenters. The molecule has 3 fully saturated rings. The van der Waals surface area contributed by atoms with Gasteiger partial charge in [0.1, 0.15) is 23.9 Å². The van der Waals surface area contributed by atoms with Crippen molar-refractivity contribution in [2.45, 2.75) is 95.5 Å². The zero-order valence-electron chi connectivity index (χ0n) is 26.1. The summed E-state index contributed by atoms with van der Waals surface area (Å²) in [6, 6.07) is 14.0. The van der Waals surface area contributed by atoms with E-state index in [1.54, 1.807) is 19.2 Å². The van der Waals surface area contributed by atoms with Crippen LogP contribution in [0, 0.1) is 5.92 Å². The molecule has 2 atom stereocenters. The van der Waals surface area contributed by atoms with Crippen LogP contribution in [-0.4, -0.2) is 77.1 Å². The van der Waals surface area contributed by atoms with Crippen LogP contribution >= 0.6 is 0 Å². The van der Waals surface area contributed by atoms with Crippen LogP contribution in [0.3, 0.4) is 0 Å². The number of piperidine rings is 1. The maximum absolute atomic E-state index is 13.8. The Hall–Kier alpha value is -3.43. The second kappa shape index (κ2) is 14.6. The van der Waals surface area contributed by atoms with Gasteiger partial charge >= 0.3 is 5.97 Å². The molecule has 5 rings (SSSR count). The monoisotopic (exact) mass is 605 g/mol. The average Bonchev–Trinajstić information content (AvgIpc) is 3.07. The summed E-state index contributed by atoms with van der Waals surface area (Å²) in [4.78, 5) is 44.3. The number of ether oxygens (including phenoxy) is 2. The number of aliphatic hydroxyl groups is 1. The highest BCUT2D eigenvalue weighted by Crippen LogP contribution is 2.36. The molecule has 0 aromatic heterocycles. The Labute approximate surface area is 260 Å². The highest BCUT2D eigenvalue weighted by Gasteiger charge is 2.55. The molecule has 2 aliphatic heterocycles. The number of likely N-dealkylation sites (tertiary alicyclic amines) is 1. The molecule has 0 bridgehead atoms. The van der Waals surface area contributed by atoms with E-state index in [-0.39, 0.29) is 30.3 Å². The predicted molar refractivity (Wildman–Crippen MR) is 167 cm³/mol. The van der Waals surface area contributed by atoms with Crippen molar-refractivity contribution < 1.29 is 29.0 Å². The van der Waals surface area contributed by atoms with Crippen molar-refractivity contribution in [2.24, 2.45) is 5.92 Å². The number of amides is 2. The molecule has 1 aliphatic carbocycles. The van der Waals surface area contributed by atoms with E-state index in [1.807, 2.05) is 41.3 Å². The summed E-state index contributed by atoms with van der Waals surface area (Å²) in [5, 5.41) is 14.2. The molecule has 2 aromatic rings. The van der Waals surface area contributed by atoms with Gasteiger partial charge in [0.25, 0.3) is 0 Å². The van der Waals surface area contributed by atoms with Crippen molar-refractivity contribution >= 4 is 17.8 Å². The van der Waals surface area contributed by atoms with E-state index in [1.165, 1.54) is 6.42 Å². The van der Waals surface area contributed by atoms with Crippen LogP contribution in [0.5, 0.6) is 5.75 Å². The molecule has 9 heteroatoms. The number of nitrogens with zero attached hydrogens (tertiary/aromatic N) is 2. The van der Waals surface area contributed by atoms with Crippen LogP contribution in [0.4, 0.5) is 0 Å². The maximum Gasteiger partial charge on any atom is 0.338 e. The minimum atomic E-state index is -0.872. The number of unbranched alkanes of at least 4 members (excludes halogenated alkanes) is 1. The number of hydrogen-bond acceptors (Lipinski definition) is 7. The summed E-state index contributed by atoms with van der Waals surface area (Å²) in [6.07, 6.45) is 7.12. The second-order valence-electron chi connectivity index (χ2n) is 12.6. The van der Waals surface area contributed by atoms with Crippen LogP contribution in [-0.2, 0) is 27.5 Å². The van der Waals surface area contributed by atoms with Gasteiger partial charge in [-0.25, -0.2) is 4.79 Å². The molecule has 2 saturated heterocycles. The van der Waals surface area contributed by atoms with Crippen LogP contribution in [0.1, 0.15) is 86.2 Å². The first-order chi connectivity index (χ1) is 21.3. The Bertz CT molecular complexity index is 1270. The fourth-order valence-electron chi connectivity index (χ4n) is 6.99. The Morgan fingerprint density at radius 1 is 1.00 bits per heavy atom. The third kappa shape index (κ3) is 7.10. The molecule has 44 heavy (non-hydrogen) atoms. The minimum absolute atomic E-state index is 0.0589. The number of carbonyl (C=O) groups excluding carboxylic acids is 3. The molecule has 9 nitrogen and oxygen atoms in total. The molecule has 1 spiro atoms. The average molecular weight is 606 g/mol. The molecular formula is C35H47N3O6. The highest BCUT2D eigenvalue weighted by atomic mass is 16.5. The lowest BCUT2D eigenvalue weighted by Crippen LogP contribution is -2.75. The first kappa shape index (κ1) is 32.0. The SMILES string of the molecule is CCCCN1C(=O)[C@@H]([C@H](O)C2CCCCC2)NC(=O)C12CCN(Cc1ccc(C(=O)OCc3ccc(OC)cc3)cc1)CC2. The first-order valence-corrected chi connectivity index (χ1v) is 16.3. The number of piperazine rings is 1. The molecule has 2 aromatic carbocycles. The predicted octanol–water partition coefficient (Wildman–Crippen LogP) is 4.46. The van der Waals surface area contributed by atoms with E-state index >= 15 is 0 Å². The number of methoxy groups -OCH3 is 1. The van der Waals surface area contributed by atoms with Crippen LogP contribution < -0.4 is 10.1 Å². The van der Waals surface area contributed by atoms with Crippen LogP contribution in [0.2, 0.25) is 0 Å². The van der Waals surface area contributed by atoms with E-state index in [0.29, 0.717) is 44.6 Å². The lowest BCUT2D eigenvalue weighted by Gasteiger charge is -2.52. The fraction of sp³-hybridized carbons (Fsp3) is 0.571. The Morgan fingerprint density at radius 2 is 1.66 bits per heavy atom. The minimum Gasteiger partial charge on any atom is -0.497 e. The molecule has 1 saturated carbocycles. The largest absolute Gasteiger partial charge is 0.497 e. The van der Waals surface area contributed by atoms with Gasteiger partial charge in [0.05, 0.1) is 18.8 Å². The number of esters is 1. The summed E-state index contributed by atoms with van der Waals surface area (Å²) in [6.45, 7) is 4.84. The highest BCUT2D eigenvalue weighted by molar-refractivity contribution is 6.00. The molecular weight excluding hydrogens is 558 g/mol. The number of nitrogens with one attached hydrogen (secondary N) is 1. The third-order valence-electron chi connectivity index (χ3n) is 9.78. The van der Waals surface area contributed by atoms with Gasteiger partial charge in [-0.2, -0.15) is 0 Å². The molecule has 0 radical (unpaired) electrons. The Morgan fingerprint density at radius 3 is 2.30 bits per heavy atom. The summed E-state index contributed by atoms with van der Waals surface area (Å²) >= 11 is 0. The van der Waals surface area contributed by atoms with Crippen LogP contribution in [0.25, 0.3) is 0 Å². The summed E-state index contributed by atoms with van der Waals surface area (Å²) in [5.74, 6) is 0.189. The lowest BCUT2D eigenvalue weighted by atomic mass is 9.78. The molecule has 2 amide bonds. The first-order valence-electron chi connectivity index (χ1n) is 16.3. The van der Waals surface area contributed by atoms with E-state index in [4.69, 9.17) is 9.47 Å². The zero-order chi connectivity index (χ0) is 31.1. The number of aliphatic hydroxyl groups excluding tert-OH is 1. The van der Waals surface area contributed by atoms with E-state index in [2.05, 4.69) is 17.1 Å². The number of hydrogen-bond donors (Lipinski definition) is 2. The molecule has 238 valence electrons. The van der Waals surface area contributed by atoms with Gasteiger partial charge < -0.3 is 24.8 Å². The standard InChI is InChI=1S/C35H47N3O6/c1-3-4-20-38-32(40)30(31(39)27-8-6-5-7-9-27)36-34(42)35(38)18-21-37(22-19-35)23-25-10-14-28(15-11-25)33(41)44-24-26-12-16-29(43-2)17-13-26/h10-17,27,30-31,39H,3-9,18-24H2,1-2H3,(H,36,42)/t30-,31-/m1/s1. The van der Waals surface area contributed by atoms with Gasteiger partial charge in [-0.15, -0.1) is 0 Å². The van der Waals surface area contributed by atoms with Gasteiger partial charge in [0.2, 0.25) is 11.8 Å². The van der Waals surface area contributed by atoms with E-state index < -0.39 is 17.7 Å². The van der Waals surface area contributed by atoms with Gasteiger partial charge in [0, 0.05) is 26.2 Å². The molecule has 2 heterocycles. The number of rotatable bonds is 11. The summed E-state index contributed by atoms with van der Waals surface area (Å²) in [5.41, 5.74) is 1.57. The lowest BCUT2D eigenvalue weighted by molar-refractivity contribution is -0.166. The Kier molecular flexibility index (Phi) is 10.6. The van der Waals surface area contributed by atoms with Crippen molar-refractivity contribution in [3.8, 4) is 5.75 Å². The smallest absolute Gasteiger partial charge is 0.338 e. The zero-order valence-corrected chi connectivity index (χ0v) is 26.1.